The number of esters is 1. The summed E-state index contributed by atoms with van der Waals surface area (Å²) in [6, 6.07) is -2.33. The summed E-state index contributed by atoms with van der Waals surface area (Å²) >= 11 is 0. The number of carboxylic acids is 3. The summed E-state index contributed by atoms with van der Waals surface area (Å²) in [5.74, 6) is -12.2. The van der Waals surface area contributed by atoms with Crippen molar-refractivity contribution in [3.63, 3.8) is 0 Å². The zero-order chi connectivity index (χ0) is 61.1. The maximum atomic E-state index is 14.0. The quantitative estimate of drug-likeness (QED) is 0.0208. The highest BCUT2D eigenvalue weighted by Gasteiger charge is 2.34. The highest BCUT2D eigenvalue weighted by Crippen LogP contribution is 2.15. The second-order valence-electron chi connectivity index (χ2n) is 19.1. The summed E-state index contributed by atoms with van der Waals surface area (Å²) in [6.07, 6.45) is -1.61. The Balaban J connectivity index is 2.09. The van der Waals surface area contributed by atoms with Crippen LogP contribution in [0.4, 0.5) is 10.5 Å². The van der Waals surface area contributed by atoms with Crippen LogP contribution >= 0.6 is 0 Å². The zero-order valence-corrected chi connectivity index (χ0v) is 46.4. The number of carbonyl (C=O) groups excluding carboxylic acids is 10. The first-order valence-corrected chi connectivity index (χ1v) is 26.5. The van der Waals surface area contributed by atoms with Crippen LogP contribution < -0.4 is 43.0 Å². The van der Waals surface area contributed by atoms with Crippen molar-refractivity contribution in [1.82, 2.24) is 36.8 Å². The highest BCUT2D eigenvalue weighted by molar-refractivity contribution is 6.12. The lowest BCUT2D eigenvalue weighted by molar-refractivity contribution is -0.148. The molecule has 30 nitrogen and oxygen atoms in total. The molecule has 0 saturated heterocycles. The minimum absolute atomic E-state index is 0.0178. The normalized spacial score (nSPS) is 13.8. The minimum Gasteiger partial charge on any atom is -0.481 e. The van der Waals surface area contributed by atoms with Gasteiger partial charge in [-0.25, -0.2) is 4.79 Å². The molecule has 10 amide bonds. The molecule has 0 saturated carbocycles. The lowest BCUT2D eigenvalue weighted by Gasteiger charge is -2.28. The van der Waals surface area contributed by atoms with Crippen LogP contribution in [0, 0.1) is 11.8 Å². The first-order valence-electron chi connectivity index (χ1n) is 26.5. The van der Waals surface area contributed by atoms with Gasteiger partial charge in [-0.05, 0) is 55.7 Å². The molecule has 1 heterocycles. The van der Waals surface area contributed by atoms with Crippen LogP contribution in [-0.4, -0.2) is 194 Å². The second-order valence-corrected chi connectivity index (χ2v) is 19.1. The number of aliphatic carboxylic acids is 3. The smallest absolute Gasteiger partial charge is 0.312 e. The van der Waals surface area contributed by atoms with E-state index in [4.69, 9.17) is 29.4 Å². The standard InChI is InChI=1S/C52H77N9O21/c1-31(2)45(50(75)59-35(6-5-20-54-52(53)77)46(71)55-34-9-7-33(8-10-34)30-82-51(76)32(3)4)60-49(74)38(13-18-44(69)70)58-48(73)37(12-17-43(67)68)57-47(72)36(11-16-42(65)66)56-39(62)19-22-78-24-26-80-28-29-81-27-25-79-23-21-61-40(63)14-15-41(61)64/h7-10,14-15,31-32,35-38,45H,5-6,11-13,16-30H2,1-4H3,(H,55,71)(H,56,62)(H,57,72)(H,58,73)(H,59,75)(H,60,74)(H,65,66)(H,67,68)(H,69,70)(H3,53,54,77)/t35-,36-,37-,38-,45-/m0/s1. The number of rotatable bonds is 43. The van der Waals surface area contributed by atoms with E-state index in [2.05, 4.69) is 37.2 Å². The van der Waals surface area contributed by atoms with Crippen molar-refractivity contribution in [2.45, 2.75) is 122 Å². The molecule has 0 fully saturated rings. The molecule has 82 heavy (non-hydrogen) atoms. The molecule has 456 valence electrons. The summed E-state index contributed by atoms with van der Waals surface area (Å²) in [5, 5.41) is 45.6. The van der Waals surface area contributed by atoms with E-state index in [9.17, 15) is 77.6 Å². The highest BCUT2D eigenvalue weighted by atomic mass is 16.6. The largest absolute Gasteiger partial charge is 0.481 e. The molecule has 5 atom stereocenters. The van der Waals surface area contributed by atoms with Crippen LogP contribution in [0.25, 0.3) is 0 Å². The Morgan fingerprint density at radius 3 is 1.44 bits per heavy atom. The van der Waals surface area contributed by atoms with Crippen LogP contribution in [0.3, 0.4) is 0 Å². The first kappa shape index (κ1) is 70.0. The van der Waals surface area contributed by atoms with Crippen molar-refractivity contribution < 1.29 is 101 Å². The number of nitrogens with two attached hydrogens (primary N) is 1. The number of benzene rings is 1. The average Bonchev–Trinajstić information content (AvgIpc) is 3.79. The number of urea groups is 1. The van der Waals surface area contributed by atoms with Gasteiger partial charge in [0.15, 0.2) is 0 Å². The molecule has 2 rings (SSSR count). The fourth-order valence-corrected chi connectivity index (χ4v) is 7.23. The van der Waals surface area contributed by atoms with E-state index in [0.29, 0.717) is 11.3 Å². The Bertz CT molecular complexity index is 2350. The van der Waals surface area contributed by atoms with E-state index in [0.717, 1.165) is 4.90 Å². The van der Waals surface area contributed by atoms with Crippen molar-refractivity contribution in [1.29, 1.82) is 0 Å². The van der Waals surface area contributed by atoms with Crippen molar-refractivity contribution in [2.75, 3.05) is 71.3 Å². The van der Waals surface area contributed by atoms with Gasteiger partial charge in [0.25, 0.3) is 11.8 Å². The summed E-state index contributed by atoms with van der Waals surface area (Å²) < 4.78 is 26.8. The lowest BCUT2D eigenvalue weighted by Crippen LogP contribution is -2.60. The van der Waals surface area contributed by atoms with E-state index in [1.54, 1.807) is 26.0 Å². The minimum atomic E-state index is -1.76. The number of amides is 10. The third kappa shape index (κ3) is 29.4. The van der Waals surface area contributed by atoms with Gasteiger partial charge in [-0.1, -0.05) is 39.8 Å². The zero-order valence-electron chi connectivity index (χ0n) is 46.4. The van der Waals surface area contributed by atoms with Gasteiger partial charge < -0.3 is 82.0 Å². The SMILES string of the molecule is CC(C)C(=O)OCc1ccc(NC(=O)[C@H](CCCNC(N)=O)NC(=O)[C@@H](NC(=O)[C@H](CCC(=O)O)NC(=O)[C@H](CCC(=O)O)NC(=O)[C@H](CCC(=O)O)NC(=O)CCOCCOCCOCCOCCN2C(=O)C=CC2=O)C(C)C)cc1. The number of carbonyl (C=O) groups is 13. The van der Waals surface area contributed by atoms with Crippen LogP contribution in [0.2, 0.25) is 0 Å². The maximum Gasteiger partial charge on any atom is 0.312 e. The molecule has 0 spiro atoms. The molecule has 1 aliphatic rings. The van der Waals surface area contributed by atoms with Gasteiger partial charge in [-0.3, -0.25) is 62.4 Å². The van der Waals surface area contributed by atoms with Crippen molar-refractivity contribution in [3.05, 3.63) is 42.0 Å². The van der Waals surface area contributed by atoms with Gasteiger partial charge in [0.1, 0.15) is 36.8 Å². The number of hydrogen-bond donors (Lipinski definition) is 11. The van der Waals surface area contributed by atoms with E-state index in [1.165, 1.54) is 38.1 Å². The van der Waals surface area contributed by atoms with Gasteiger partial charge >= 0.3 is 29.9 Å². The Kier molecular flexibility index (Phi) is 32.9. The molecule has 1 aromatic carbocycles. The van der Waals surface area contributed by atoms with Gasteiger partial charge in [0.2, 0.25) is 35.4 Å². The van der Waals surface area contributed by atoms with Crippen molar-refractivity contribution in [2.24, 2.45) is 17.6 Å². The fourth-order valence-electron chi connectivity index (χ4n) is 7.23. The topological polar surface area (TPSA) is 442 Å². The van der Waals surface area contributed by atoms with Crippen LogP contribution in [0.1, 0.15) is 91.0 Å². The Labute approximate surface area is 473 Å². The summed E-state index contributed by atoms with van der Waals surface area (Å²) in [6.45, 7) is 7.57. The van der Waals surface area contributed by atoms with E-state index < -0.39 is 152 Å². The number of primary amides is 1. The molecule has 1 aromatic rings. The van der Waals surface area contributed by atoms with Crippen molar-refractivity contribution in [3.8, 4) is 0 Å². The molecule has 0 unspecified atom stereocenters. The molecule has 30 heteroatoms. The average molecular weight is 1160 g/mol. The monoisotopic (exact) mass is 1160 g/mol. The summed E-state index contributed by atoms with van der Waals surface area (Å²) in [5.41, 5.74) is 6.10. The predicted molar refractivity (Wildman–Crippen MR) is 285 cm³/mol. The number of imide groups is 1. The second kappa shape index (κ2) is 38.5. The van der Waals surface area contributed by atoms with Crippen LogP contribution in [0.5, 0.6) is 0 Å². The van der Waals surface area contributed by atoms with Gasteiger partial charge in [-0.15, -0.1) is 0 Å². The number of nitrogens with zero attached hydrogens (tertiary/aromatic N) is 1. The number of anilines is 1. The number of nitrogens with one attached hydrogen (secondary N) is 7. The van der Waals surface area contributed by atoms with E-state index >= 15 is 0 Å². The fraction of sp³-hybridized carbons (Fsp3) is 0.596. The molecular formula is C52H77N9O21. The summed E-state index contributed by atoms with van der Waals surface area (Å²) in [4.78, 5) is 164. The molecular weight excluding hydrogens is 1090 g/mol. The number of ether oxygens (including phenoxy) is 5. The third-order valence-corrected chi connectivity index (χ3v) is 11.7. The molecule has 0 bridgehead atoms. The number of carboxylic acid groups (broad SMARTS) is 3. The predicted octanol–water partition coefficient (Wildman–Crippen LogP) is -1.17. The third-order valence-electron chi connectivity index (χ3n) is 11.7. The Morgan fingerprint density at radius 2 is 0.976 bits per heavy atom. The Morgan fingerprint density at radius 1 is 0.537 bits per heavy atom. The number of hydrogen-bond acceptors (Lipinski definition) is 18. The van der Waals surface area contributed by atoms with E-state index in [1.807, 2.05) is 0 Å². The van der Waals surface area contributed by atoms with Gasteiger partial charge in [0.05, 0.1) is 65.3 Å². The first-order chi connectivity index (χ1) is 38.9. The lowest BCUT2D eigenvalue weighted by atomic mass is 10.0. The molecule has 1 aliphatic heterocycles. The van der Waals surface area contributed by atoms with Crippen LogP contribution in [-0.2, 0) is 87.8 Å². The van der Waals surface area contributed by atoms with Gasteiger partial charge in [0, 0.05) is 50.1 Å². The van der Waals surface area contributed by atoms with Crippen molar-refractivity contribution >= 4 is 82.9 Å². The maximum absolute atomic E-state index is 14.0. The molecule has 0 aliphatic carbocycles. The summed E-state index contributed by atoms with van der Waals surface area (Å²) in [7, 11) is 0. The Hall–Kier alpha value is -8.09. The molecule has 0 radical (unpaired) electrons. The van der Waals surface area contributed by atoms with E-state index in [-0.39, 0.29) is 97.7 Å². The van der Waals surface area contributed by atoms with Gasteiger partial charge in [-0.2, -0.15) is 0 Å². The molecule has 12 N–H and O–H groups in total. The van der Waals surface area contributed by atoms with Crippen LogP contribution in [0.15, 0.2) is 36.4 Å². The molecule has 0 aromatic heterocycles.